The molecule has 0 unspecified atom stereocenters. The number of fused-ring (bicyclic) bond motifs is 1. The summed E-state index contributed by atoms with van der Waals surface area (Å²) in [5.41, 5.74) is 6.64. The first-order valence-corrected chi connectivity index (χ1v) is 20.3. The predicted octanol–water partition coefficient (Wildman–Crippen LogP) is 7.05. The maximum atomic E-state index is 13.9. The van der Waals surface area contributed by atoms with Crippen LogP contribution in [0.25, 0.3) is 44.4 Å². The van der Waals surface area contributed by atoms with E-state index in [9.17, 15) is 19.2 Å². The van der Waals surface area contributed by atoms with E-state index in [1.54, 1.807) is 0 Å². The van der Waals surface area contributed by atoms with Crippen molar-refractivity contribution in [1.29, 1.82) is 0 Å². The smallest absolute Gasteiger partial charge is 0.315 e. The van der Waals surface area contributed by atoms with Gasteiger partial charge in [-0.1, -0.05) is 92.7 Å². The number of aromatic nitrogens is 4. The lowest BCUT2D eigenvalue weighted by atomic mass is 9.98. The van der Waals surface area contributed by atoms with Crippen molar-refractivity contribution in [2.75, 3.05) is 20.1 Å². The van der Waals surface area contributed by atoms with Gasteiger partial charge in [0.25, 0.3) is 0 Å². The summed E-state index contributed by atoms with van der Waals surface area (Å²) >= 11 is 0. The number of rotatable bonds is 12. The van der Waals surface area contributed by atoms with Crippen LogP contribution >= 0.6 is 0 Å². The molecule has 4 atom stereocenters. The van der Waals surface area contributed by atoms with Gasteiger partial charge in [-0.25, -0.2) is 14.8 Å². The lowest BCUT2D eigenvalue weighted by Gasteiger charge is -2.29. The van der Waals surface area contributed by atoms with Gasteiger partial charge in [0.15, 0.2) is 0 Å². The summed E-state index contributed by atoms with van der Waals surface area (Å²) < 4.78 is 0. The van der Waals surface area contributed by atoms with Gasteiger partial charge in [0.05, 0.1) is 35.9 Å². The molecule has 2 fully saturated rings. The minimum Gasteiger partial charge on any atom is -0.347 e. The average molecular weight is 792 g/mol. The number of nitrogens with zero attached hydrogens (tertiary/aromatic N) is 4. The van der Waals surface area contributed by atoms with E-state index in [1.165, 1.54) is 7.05 Å². The molecule has 5 N–H and O–H groups in total. The number of likely N-dealkylation sites (tertiary alicyclic amines) is 2. The molecule has 0 saturated carbocycles. The van der Waals surface area contributed by atoms with E-state index < -0.39 is 18.1 Å². The number of aromatic amines is 2. The van der Waals surface area contributed by atoms with Crippen molar-refractivity contribution in [2.45, 2.75) is 63.7 Å². The molecule has 2 saturated heterocycles. The van der Waals surface area contributed by atoms with E-state index in [0.717, 1.165) is 87.3 Å². The molecule has 2 aliphatic heterocycles. The maximum absolute atomic E-state index is 13.9. The van der Waals surface area contributed by atoms with Crippen molar-refractivity contribution in [3.8, 4) is 33.6 Å². The van der Waals surface area contributed by atoms with Crippen molar-refractivity contribution in [1.82, 2.24) is 45.7 Å². The Morgan fingerprint density at radius 2 is 1.25 bits per heavy atom. The normalized spacial score (nSPS) is 17.6. The van der Waals surface area contributed by atoms with Gasteiger partial charge in [-0.3, -0.25) is 14.4 Å². The molecular formula is C46H49N9O4. The number of benzene rings is 4. The maximum Gasteiger partial charge on any atom is 0.315 e. The molecule has 4 heterocycles. The lowest BCUT2D eigenvalue weighted by molar-refractivity contribution is -0.137. The molecule has 0 aliphatic carbocycles. The van der Waals surface area contributed by atoms with Crippen LogP contribution in [-0.4, -0.2) is 80.2 Å². The largest absolute Gasteiger partial charge is 0.347 e. The fraction of sp³-hybridized carbons (Fsp3) is 0.304. The highest BCUT2D eigenvalue weighted by atomic mass is 16.2. The fourth-order valence-corrected chi connectivity index (χ4v) is 8.47. The third-order valence-corrected chi connectivity index (χ3v) is 11.6. The number of imidazole rings is 2. The number of amides is 5. The first-order valence-electron chi connectivity index (χ1n) is 20.3. The minimum atomic E-state index is -0.814. The molecule has 5 amide bonds. The highest BCUT2D eigenvalue weighted by Crippen LogP contribution is 2.36. The number of hydrogen-bond donors (Lipinski definition) is 5. The molecule has 2 aliphatic rings. The number of carbonyl (C=O) groups is 4. The molecule has 8 rings (SSSR count). The molecule has 302 valence electrons. The Bertz CT molecular complexity index is 2460. The van der Waals surface area contributed by atoms with Gasteiger partial charge < -0.3 is 35.7 Å². The van der Waals surface area contributed by atoms with Gasteiger partial charge >= 0.3 is 6.03 Å². The van der Waals surface area contributed by atoms with Gasteiger partial charge in [0, 0.05) is 25.7 Å². The third kappa shape index (κ3) is 8.05. The molecule has 59 heavy (non-hydrogen) atoms. The van der Waals surface area contributed by atoms with Crippen LogP contribution in [-0.2, 0) is 14.4 Å². The summed E-state index contributed by atoms with van der Waals surface area (Å²) in [6, 6.07) is 28.3. The summed E-state index contributed by atoms with van der Waals surface area (Å²) in [5, 5.41) is 10.3. The van der Waals surface area contributed by atoms with Gasteiger partial charge in [0.2, 0.25) is 18.2 Å². The van der Waals surface area contributed by atoms with Crippen LogP contribution in [0, 0.1) is 5.92 Å². The van der Waals surface area contributed by atoms with E-state index >= 15 is 0 Å². The molecule has 13 heteroatoms. The van der Waals surface area contributed by atoms with E-state index in [1.807, 2.05) is 66.4 Å². The Balaban J connectivity index is 0.948. The monoisotopic (exact) mass is 791 g/mol. The topological polar surface area (TPSA) is 168 Å². The van der Waals surface area contributed by atoms with Crippen LogP contribution in [0.3, 0.4) is 0 Å². The molecular weight excluding hydrogens is 743 g/mol. The predicted molar refractivity (Wildman–Crippen MR) is 227 cm³/mol. The van der Waals surface area contributed by atoms with Gasteiger partial charge in [-0.2, -0.15) is 0 Å². The Labute approximate surface area is 343 Å². The number of urea groups is 1. The first kappa shape index (κ1) is 39.1. The van der Waals surface area contributed by atoms with E-state index in [-0.39, 0.29) is 29.8 Å². The van der Waals surface area contributed by atoms with Crippen molar-refractivity contribution in [3.05, 3.63) is 121 Å². The Hall–Kier alpha value is -6.76. The lowest BCUT2D eigenvalue weighted by Crippen LogP contribution is -2.48. The van der Waals surface area contributed by atoms with Gasteiger partial charge in [-0.15, -0.1) is 0 Å². The zero-order valence-electron chi connectivity index (χ0n) is 33.4. The standard InChI is InChI=1S/C46H49N9O4/c1-28(2)40(50-27-56)44(57)54-21-7-11-38(54)43-49-26-37(52-43)35-20-19-33-23-32(17-18-34(33)24-35)29-13-15-30(16-14-29)36-25-48-42(51-36)39-12-8-22-55(39)45(58)41(53-46(59)47-3)31-9-5-4-6-10-31/h4-6,9-10,13-20,23-28,38-41H,7-8,11-12,21-22H2,1-3H3,(H,48,51)(H,49,52)(H,50,56)(H2,47,53,59)/t38-,39-,40-,41+/m0/s1. The Morgan fingerprint density at radius 1 is 0.712 bits per heavy atom. The van der Waals surface area contributed by atoms with E-state index in [2.05, 4.69) is 86.6 Å². The molecule has 13 nitrogen and oxygen atoms in total. The highest BCUT2D eigenvalue weighted by Gasteiger charge is 2.38. The van der Waals surface area contributed by atoms with Gasteiger partial charge in [-0.05, 0) is 76.8 Å². The van der Waals surface area contributed by atoms with E-state index in [4.69, 9.17) is 9.97 Å². The van der Waals surface area contributed by atoms with E-state index in [0.29, 0.717) is 19.5 Å². The number of carbonyl (C=O) groups excluding carboxylic acids is 4. The van der Waals surface area contributed by atoms with Crippen LogP contribution in [0.2, 0.25) is 0 Å². The zero-order valence-corrected chi connectivity index (χ0v) is 33.4. The summed E-state index contributed by atoms with van der Waals surface area (Å²) in [6.07, 6.45) is 7.55. The second-order valence-corrected chi connectivity index (χ2v) is 15.7. The number of H-pyrrole nitrogens is 2. The number of hydrogen-bond acceptors (Lipinski definition) is 6. The SMILES string of the molecule is CNC(=O)N[C@@H](C(=O)N1CCC[C@H]1c1ncc(-c2ccc(-c3ccc4cc(-c5cnc([C@@H]6CCCN6C(=O)[C@@H](NC=O)C(C)C)[nH]5)ccc4c3)cc2)[nH]1)c1ccccc1. The van der Waals surface area contributed by atoms with Gasteiger partial charge in [0.1, 0.15) is 23.7 Å². The molecule has 0 bridgehead atoms. The number of nitrogens with one attached hydrogen (secondary N) is 5. The minimum absolute atomic E-state index is 0.0224. The molecule has 0 radical (unpaired) electrons. The fourth-order valence-electron chi connectivity index (χ4n) is 8.47. The highest BCUT2D eigenvalue weighted by molar-refractivity contribution is 5.91. The second kappa shape index (κ2) is 17.0. The molecule has 4 aromatic carbocycles. The quantitative estimate of drug-likeness (QED) is 0.0833. The van der Waals surface area contributed by atoms with Crippen LogP contribution in [0.15, 0.2) is 103 Å². The third-order valence-electron chi connectivity index (χ3n) is 11.6. The van der Waals surface area contributed by atoms with Crippen molar-refractivity contribution in [3.63, 3.8) is 0 Å². The summed E-state index contributed by atoms with van der Waals surface area (Å²) in [5.74, 6) is 1.21. The van der Waals surface area contributed by atoms with Crippen LogP contribution < -0.4 is 16.0 Å². The second-order valence-electron chi connectivity index (χ2n) is 15.7. The van der Waals surface area contributed by atoms with Crippen molar-refractivity contribution < 1.29 is 19.2 Å². The van der Waals surface area contributed by atoms with Crippen LogP contribution in [0.1, 0.15) is 74.9 Å². The Morgan fingerprint density at radius 3 is 1.85 bits per heavy atom. The van der Waals surface area contributed by atoms with Crippen LogP contribution in [0.4, 0.5) is 4.79 Å². The van der Waals surface area contributed by atoms with Crippen LogP contribution in [0.5, 0.6) is 0 Å². The molecule has 6 aromatic rings. The Kier molecular flexibility index (Phi) is 11.3. The molecule has 2 aromatic heterocycles. The first-order chi connectivity index (χ1) is 28.7. The van der Waals surface area contributed by atoms with Crippen molar-refractivity contribution >= 4 is 35.0 Å². The van der Waals surface area contributed by atoms with Crippen molar-refractivity contribution in [2.24, 2.45) is 5.92 Å². The summed E-state index contributed by atoms with van der Waals surface area (Å²) in [6.45, 7) is 5.08. The summed E-state index contributed by atoms with van der Waals surface area (Å²) in [4.78, 5) is 70.9. The summed E-state index contributed by atoms with van der Waals surface area (Å²) in [7, 11) is 1.53. The molecule has 0 spiro atoms. The zero-order chi connectivity index (χ0) is 41.0. The average Bonchev–Trinajstić information content (AvgIpc) is 4.11.